The maximum Gasteiger partial charge on any atom is 0.302 e. The number of carbonyl (C=O) groups is 3. The molecule has 3 N–H and O–H groups in total. The lowest BCUT2D eigenvalue weighted by Crippen LogP contribution is -2.70. The van der Waals surface area contributed by atoms with Gasteiger partial charge in [-0.05, 0) is 102 Å². The Kier molecular flexibility index (Phi) is 6.40. The second-order valence-electron chi connectivity index (χ2n) is 15.8. The van der Waals surface area contributed by atoms with Crippen molar-refractivity contribution in [3.05, 3.63) is 11.1 Å². The van der Waals surface area contributed by atoms with E-state index >= 15 is 0 Å². The number of hydrazine groups is 1. The Bertz CT molecular complexity index is 1140. The fourth-order valence-electron chi connectivity index (χ4n) is 11.8. The number of allylic oxidation sites excluding steroid dienone is 1. The highest BCUT2D eigenvalue weighted by atomic mass is 16.5. The zero-order valence-corrected chi connectivity index (χ0v) is 25.9. The highest BCUT2D eigenvalue weighted by molar-refractivity contribution is 6.06. The number of esters is 1. The summed E-state index contributed by atoms with van der Waals surface area (Å²) in [5.41, 5.74) is 3.85. The highest BCUT2D eigenvalue weighted by Crippen LogP contribution is 2.81. The Balaban J connectivity index is 1.62. The molecule has 0 unspecified atom stereocenters. The zero-order valence-electron chi connectivity index (χ0n) is 25.9. The van der Waals surface area contributed by atoms with Gasteiger partial charge in [0, 0.05) is 18.8 Å². The van der Waals surface area contributed by atoms with Crippen LogP contribution in [-0.2, 0) is 19.1 Å². The molecule has 0 spiro atoms. The molecular formula is C33H52N2O4. The molecule has 6 nitrogen and oxygen atoms in total. The second-order valence-corrected chi connectivity index (χ2v) is 15.8. The Labute approximate surface area is 235 Å². The first kappa shape index (κ1) is 28.8. The number of rotatable bonds is 3. The molecule has 0 aromatic carbocycles. The molecule has 4 saturated carbocycles. The predicted molar refractivity (Wildman–Crippen MR) is 152 cm³/mol. The molecule has 0 aliphatic heterocycles. The van der Waals surface area contributed by atoms with Gasteiger partial charge in [0.2, 0.25) is 5.91 Å². The Morgan fingerprint density at radius 1 is 0.897 bits per heavy atom. The van der Waals surface area contributed by atoms with Crippen LogP contribution >= 0.6 is 0 Å². The van der Waals surface area contributed by atoms with Gasteiger partial charge in [0.15, 0.2) is 5.78 Å². The highest BCUT2D eigenvalue weighted by Gasteiger charge is 2.75. The third kappa shape index (κ3) is 3.33. The van der Waals surface area contributed by atoms with Crippen molar-refractivity contribution in [2.45, 2.75) is 126 Å². The summed E-state index contributed by atoms with van der Waals surface area (Å²) < 4.78 is 5.91. The second kappa shape index (κ2) is 8.66. The normalized spacial score (nSPS) is 46.6. The Morgan fingerprint density at radius 2 is 1.51 bits per heavy atom. The van der Waals surface area contributed by atoms with E-state index in [4.69, 9.17) is 10.6 Å². The van der Waals surface area contributed by atoms with Gasteiger partial charge in [0.25, 0.3) is 0 Å². The molecule has 218 valence electrons. The quantitative estimate of drug-likeness (QED) is 0.190. The maximum absolute atomic E-state index is 13.5. The summed E-state index contributed by atoms with van der Waals surface area (Å²) in [5, 5.41) is 0. The van der Waals surface area contributed by atoms with Gasteiger partial charge in [0.1, 0.15) is 6.10 Å². The van der Waals surface area contributed by atoms with E-state index in [9.17, 15) is 14.4 Å². The van der Waals surface area contributed by atoms with Crippen LogP contribution in [0.5, 0.6) is 0 Å². The van der Waals surface area contributed by atoms with E-state index in [2.05, 4.69) is 60.8 Å². The van der Waals surface area contributed by atoms with Crippen molar-refractivity contribution in [1.82, 2.24) is 5.43 Å². The number of Topliss-reactive ketones (excluding diaryl/α,β-unsaturated/α-hetero) is 1. The fraction of sp³-hybridized carbons (Fsp3) is 0.848. The number of hydrogen-bond acceptors (Lipinski definition) is 5. The van der Waals surface area contributed by atoms with Gasteiger partial charge < -0.3 is 4.74 Å². The summed E-state index contributed by atoms with van der Waals surface area (Å²) in [6.07, 6.45) is 8.11. The van der Waals surface area contributed by atoms with Crippen LogP contribution in [0.25, 0.3) is 0 Å². The minimum Gasteiger partial charge on any atom is -0.462 e. The number of fused-ring (bicyclic) bond motifs is 7. The van der Waals surface area contributed by atoms with Crippen molar-refractivity contribution < 1.29 is 19.1 Å². The van der Waals surface area contributed by atoms with Crippen molar-refractivity contribution in [3.8, 4) is 0 Å². The lowest BCUT2D eigenvalue weighted by molar-refractivity contribution is -0.277. The molecule has 0 radical (unpaired) electrons. The number of ether oxygens (including phenoxy) is 1. The van der Waals surface area contributed by atoms with Crippen molar-refractivity contribution >= 4 is 17.7 Å². The van der Waals surface area contributed by atoms with E-state index in [0.29, 0.717) is 12.3 Å². The molecule has 5 rings (SSSR count). The molecule has 6 heteroatoms. The summed E-state index contributed by atoms with van der Waals surface area (Å²) in [6, 6.07) is 0. The number of ketones is 1. The van der Waals surface area contributed by atoms with Crippen molar-refractivity contribution in [2.24, 2.45) is 56.1 Å². The maximum atomic E-state index is 13.5. The minimum atomic E-state index is -0.787. The summed E-state index contributed by atoms with van der Waals surface area (Å²) in [4.78, 5) is 38.9. The van der Waals surface area contributed by atoms with E-state index in [0.717, 1.165) is 56.1 Å². The average molecular weight is 541 g/mol. The lowest BCUT2D eigenvalue weighted by Gasteiger charge is -2.76. The molecular weight excluding hydrogens is 488 g/mol. The fourth-order valence-corrected chi connectivity index (χ4v) is 11.8. The lowest BCUT2D eigenvalue weighted by atomic mass is 9.28. The Hall–Kier alpha value is -1.69. The van der Waals surface area contributed by atoms with E-state index in [1.165, 1.54) is 6.92 Å². The van der Waals surface area contributed by atoms with E-state index in [-0.39, 0.29) is 69.1 Å². The number of nitrogens with one attached hydrogen (secondary N) is 1. The third-order valence-corrected chi connectivity index (χ3v) is 14.2. The SMILES string of the molecule is CC(=O)O[C@H]1CC[C@@]2(C)[C@@H](CC[C@]3(C)[C@]2(C)CC[C@@H]2C4=C(C(C)C)C(=O)C[C@]4(C(=O)NN)CC[C@]23C)C1(C)C. The first-order chi connectivity index (χ1) is 18.0. The van der Waals surface area contributed by atoms with Crippen LogP contribution in [0.2, 0.25) is 0 Å². The van der Waals surface area contributed by atoms with Gasteiger partial charge in [-0.15, -0.1) is 0 Å². The molecule has 39 heavy (non-hydrogen) atoms. The number of amides is 1. The number of hydrogen-bond donors (Lipinski definition) is 2. The molecule has 4 fully saturated rings. The first-order valence-corrected chi connectivity index (χ1v) is 15.4. The van der Waals surface area contributed by atoms with Crippen molar-refractivity contribution in [3.63, 3.8) is 0 Å². The van der Waals surface area contributed by atoms with E-state index in [1.807, 2.05) is 0 Å². The van der Waals surface area contributed by atoms with Gasteiger partial charge >= 0.3 is 5.97 Å². The molecule has 0 bridgehead atoms. The van der Waals surface area contributed by atoms with Crippen molar-refractivity contribution in [2.75, 3.05) is 0 Å². The first-order valence-electron chi connectivity index (χ1n) is 15.4. The van der Waals surface area contributed by atoms with Crippen LogP contribution in [-0.4, -0.2) is 23.8 Å². The molecule has 8 atom stereocenters. The molecule has 5 aliphatic carbocycles. The summed E-state index contributed by atoms with van der Waals surface area (Å²) in [5.74, 6) is 6.32. The summed E-state index contributed by atoms with van der Waals surface area (Å²) in [7, 11) is 0. The molecule has 0 aromatic rings. The largest absolute Gasteiger partial charge is 0.462 e. The average Bonchev–Trinajstić information content (AvgIpc) is 3.15. The topological polar surface area (TPSA) is 98.5 Å². The van der Waals surface area contributed by atoms with Crippen LogP contribution < -0.4 is 11.3 Å². The predicted octanol–water partition coefficient (Wildman–Crippen LogP) is 6.28. The van der Waals surface area contributed by atoms with Gasteiger partial charge in [-0.3, -0.25) is 19.8 Å². The molecule has 0 aromatic heterocycles. The van der Waals surface area contributed by atoms with Crippen molar-refractivity contribution in [1.29, 1.82) is 0 Å². The number of carbonyl (C=O) groups excluding carboxylic acids is 3. The molecule has 0 saturated heterocycles. The molecule has 5 aliphatic rings. The third-order valence-electron chi connectivity index (χ3n) is 14.2. The standard InChI is InChI=1S/C33H52N2O4/c1-19(2)25-22(37)18-33(27(38)35-34)17-16-29(6)21(26(25)33)10-14-32(9)30(7)13-12-24(39-20(3)36)28(4,5)23(30)11-15-31(29,32)8/h19,21,23-24H,10-18,34H2,1-9H3,(H,35,38)/t21-,23+,24+,29-,30+,31+,32-,33-/m1/s1. The van der Waals surface area contributed by atoms with Gasteiger partial charge in [-0.1, -0.05) is 55.4 Å². The summed E-state index contributed by atoms with van der Waals surface area (Å²) in [6.45, 7) is 20.5. The number of nitrogens with two attached hydrogens (primary N) is 1. The monoisotopic (exact) mass is 540 g/mol. The molecule has 1 amide bonds. The van der Waals surface area contributed by atoms with E-state index < -0.39 is 5.41 Å². The minimum absolute atomic E-state index is 0.0245. The zero-order chi connectivity index (χ0) is 29.0. The van der Waals surface area contributed by atoms with E-state index in [1.54, 1.807) is 0 Å². The van der Waals surface area contributed by atoms with Crippen LogP contribution in [0.1, 0.15) is 120 Å². The van der Waals surface area contributed by atoms with Gasteiger partial charge in [-0.25, -0.2) is 5.84 Å². The van der Waals surface area contributed by atoms with Crippen LogP contribution in [0.3, 0.4) is 0 Å². The Morgan fingerprint density at radius 3 is 2.10 bits per heavy atom. The van der Waals surface area contributed by atoms with Gasteiger partial charge in [0.05, 0.1) is 5.41 Å². The smallest absolute Gasteiger partial charge is 0.302 e. The van der Waals surface area contributed by atoms with Crippen LogP contribution in [0, 0.1) is 50.2 Å². The molecule has 0 heterocycles. The van der Waals surface area contributed by atoms with Gasteiger partial charge in [-0.2, -0.15) is 0 Å². The van der Waals surface area contributed by atoms with Crippen LogP contribution in [0.15, 0.2) is 11.1 Å². The van der Waals surface area contributed by atoms with Crippen LogP contribution in [0.4, 0.5) is 0 Å². The summed E-state index contributed by atoms with van der Waals surface area (Å²) >= 11 is 0.